The van der Waals surface area contributed by atoms with E-state index in [1.54, 1.807) is 0 Å². The van der Waals surface area contributed by atoms with Crippen LogP contribution in [0.5, 0.6) is 0 Å². The van der Waals surface area contributed by atoms with Crippen LogP contribution in [0.1, 0.15) is 59.3 Å². The Hall–Kier alpha value is -0.0800. The largest absolute Gasteiger partial charge is 0.377 e. The van der Waals surface area contributed by atoms with Crippen molar-refractivity contribution >= 4 is 0 Å². The number of rotatable bonds is 3. The van der Waals surface area contributed by atoms with Gasteiger partial charge >= 0.3 is 0 Å². The zero-order chi connectivity index (χ0) is 12.3. The second-order valence-corrected chi connectivity index (χ2v) is 6.35. The minimum atomic E-state index is 0.416. The van der Waals surface area contributed by atoms with E-state index in [0.29, 0.717) is 12.1 Å². The fourth-order valence-electron chi connectivity index (χ4n) is 3.42. The van der Waals surface area contributed by atoms with E-state index in [0.717, 1.165) is 24.5 Å². The van der Waals surface area contributed by atoms with E-state index in [4.69, 9.17) is 4.74 Å². The van der Waals surface area contributed by atoms with Gasteiger partial charge < -0.3 is 10.1 Å². The standard InChI is InChI=1S/C15H29NO/c1-11(2)13-5-4-6-14(8-7-13)16-15-9-10-17-12(15)3/h11-16H,4-10H2,1-3H3. The summed E-state index contributed by atoms with van der Waals surface area (Å²) in [5.74, 6) is 1.82. The number of hydrogen-bond donors (Lipinski definition) is 1. The van der Waals surface area contributed by atoms with E-state index in [1.165, 1.54) is 38.5 Å². The molecule has 2 fully saturated rings. The molecule has 4 atom stereocenters. The third-order valence-corrected chi connectivity index (χ3v) is 4.78. The first-order valence-corrected chi connectivity index (χ1v) is 7.54. The first-order valence-electron chi connectivity index (χ1n) is 7.54. The summed E-state index contributed by atoms with van der Waals surface area (Å²) >= 11 is 0. The summed E-state index contributed by atoms with van der Waals surface area (Å²) in [6.07, 6.45) is 8.61. The predicted octanol–water partition coefficient (Wildman–Crippen LogP) is 3.36. The van der Waals surface area contributed by atoms with Gasteiger partial charge in [0, 0.05) is 18.7 Å². The van der Waals surface area contributed by atoms with Crippen molar-refractivity contribution in [1.82, 2.24) is 5.32 Å². The van der Waals surface area contributed by atoms with E-state index in [2.05, 4.69) is 26.1 Å². The molecule has 1 aliphatic carbocycles. The summed E-state index contributed by atoms with van der Waals surface area (Å²) in [4.78, 5) is 0. The zero-order valence-electron chi connectivity index (χ0n) is 11.7. The molecule has 0 radical (unpaired) electrons. The van der Waals surface area contributed by atoms with Crippen molar-refractivity contribution in [3.05, 3.63) is 0 Å². The first-order chi connectivity index (χ1) is 8.16. The maximum Gasteiger partial charge on any atom is 0.0700 e. The second-order valence-electron chi connectivity index (χ2n) is 6.35. The van der Waals surface area contributed by atoms with Crippen LogP contribution in [-0.2, 0) is 4.74 Å². The van der Waals surface area contributed by atoms with Crippen molar-refractivity contribution < 1.29 is 4.74 Å². The summed E-state index contributed by atoms with van der Waals surface area (Å²) in [6, 6.07) is 1.35. The topological polar surface area (TPSA) is 21.3 Å². The summed E-state index contributed by atoms with van der Waals surface area (Å²) in [5.41, 5.74) is 0. The highest BCUT2D eigenvalue weighted by Gasteiger charge is 2.28. The van der Waals surface area contributed by atoms with Crippen LogP contribution in [0.25, 0.3) is 0 Å². The van der Waals surface area contributed by atoms with Crippen LogP contribution in [0.15, 0.2) is 0 Å². The van der Waals surface area contributed by atoms with Crippen LogP contribution < -0.4 is 5.32 Å². The third kappa shape index (κ3) is 3.69. The smallest absolute Gasteiger partial charge is 0.0700 e. The van der Waals surface area contributed by atoms with Crippen LogP contribution >= 0.6 is 0 Å². The molecule has 0 aromatic heterocycles. The molecular formula is C15H29NO. The molecule has 17 heavy (non-hydrogen) atoms. The van der Waals surface area contributed by atoms with Gasteiger partial charge in [0.15, 0.2) is 0 Å². The molecule has 2 heteroatoms. The lowest BCUT2D eigenvalue weighted by Gasteiger charge is -2.24. The highest BCUT2D eigenvalue weighted by Crippen LogP contribution is 2.29. The maximum absolute atomic E-state index is 5.64. The van der Waals surface area contributed by atoms with Gasteiger partial charge in [0.05, 0.1) is 6.10 Å². The highest BCUT2D eigenvalue weighted by atomic mass is 16.5. The molecule has 2 aliphatic rings. The summed E-state index contributed by atoms with van der Waals surface area (Å²) in [7, 11) is 0. The molecule has 100 valence electrons. The number of ether oxygens (including phenoxy) is 1. The van der Waals surface area contributed by atoms with Crippen LogP contribution in [-0.4, -0.2) is 24.8 Å². The highest BCUT2D eigenvalue weighted by molar-refractivity contribution is 4.85. The fraction of sp³-hybridized carbons (Fsp3) is 1.00. The lowest BCUT2D eigenvalue weighted by Crippen LogP contribution is -2.41. The Morgan fingerprint density at radius 2 is 1.88 bits per heavy atom. The Labute approximate surface area is 107 Å². The van der Waals surface area contributed by atoms with Gasteiger partial charge in [0.2, 0.25) is 0 Å². The van der Waals surface area contributed by atoms with Crippen molar-refractivity contribution in [1.29, 1.82) is 0 Å². The molecule has 1 saturated carbocycles. The van der Waals surface area contributed by atoms with Gasteiger partial charge in [-0.05, 0) is 44.4 Å². The van der Waals surface area contributed by atoms with Gasteiger partial charge in [-0.15, -0.1) is 0 Å². The SMILES string of the molecule is CC(C)C1CCCC(NC2CCOC2C)CC1. The van der Waals surface area contributed by atoms with Gasteiger partial charge in [-0.2, -0.15) is 0 Å². The Kier molecular flexibility index (Phi) is 4.87. The van der Waals surface area contributed by atoms with Crippen molar-refractivity contribution in [3.8, 4) is 0 Å². The molecule has 0 aromatic carbocycles. The van der Waals surface area contributed by atoms with E-state index in [1.807, 2.05) is 0 Å². The molecule has 0 spiro atoms. The number of hydrogen-bond acceptors (Lipinski definition) is 2. The van der Waals surface area contributed by atoms with E-state index >= 15 is 0 Å². The Bertz CT molecular complexity index is 229. The molecule has 2 rings (SSSR count). The molecule has 0 bridgehead atoms. The van der Waals surface area contributed by atoms with Crippen molar-refractivity contribution in [2.24, 2.45) is 11.8 Å². The van der Waals surface area contributed by atoms with Crippen LogP contribution in [0, 0.1) is 11.8 Å². The summed E-state index contributed by atoms with van der Waals surface area (Å²) < 4.78 is 5.64. The van der Waals surface area contributed by atoms with Crippen molar-refractivity contribution in [2.75, 3.05) is 6.61 Å². The van der Waals surface area contributed by atoms with E-state index in [-0.39, 0.29) is 0 Å². The van der Waals surface area contributed by atoms with E-state index < -0.39 is 0 Å². The molecule has 1 N–H and O–H groups in total. The Morgan fingerprint density at radius 3 is 2.53 bits per heavy atom. The lowest BCUT2D eigenvalue weighted by atomic mass is 9.89. The summed E-state index contributed by atoms with van der Waals surface area (Å²) in [5, 5.41) is 3.84. The van der Waals surface area contributed by atoms with Crippen molar-refractivity contribution in [3.63, 3.8) is 0 Å². The molecule has 1 saturated heterocycles. The van der Waals surface area contributed by atoms with Gasteiger partial charge in [-0.1, -0.05) is 26.7 Å². The van der Waals surface area contributed by atoms with Gasteiger partial charge in [-0.3, -0.25) is 0 Å². The molecule has 1 heterocycles. The Balaban J connectivity index is 1.78. The fourth-order valence-corrected chi connectivity index (χ4v) is 3.42. The van der Waals surface area contributed by atoms with Gasteiger partial charge in [0.25, 0.3) is 0 Å². The normalized spacial score (nSPS) is 39.5. The quantitative estimate of drug-likeness (QED) is 0.763. The van der Waals surface area contributed by atoms with Crippen LogP contribution in [0.3, 0.4) is 0 Å². The Morgan fingerprint density at radius 1 is 1.06 bits per heavy atom. The van der Waals surface area contributed by atoms with Gasteiger partial charge in [0.1, 0.15) is 0 Å². The first kappa shape index (κ1) is 13.4. The molecule has 0 amide bonds. The molecular weight excluding hydrogens is 210 g/mol. The summed E-state index contributed by atoms with van der Waals surface area (Å²) in [6.45, 7) is 7.91. The van der Waals surface area contributed by atoms with Crippen LogP contribution in [0.2, 0.25) is 0 Å². The average Bonchev–Trinajstić information content (AvgIpc) is 2.55. The molecule has 0 aromatic rings. The zero-order valence-corrected chi connectivity index (χ0v) is 11.7. The van der Waals surface area contributed by atoms with E-state index in [9.17, 15) is 0 Å². The van der Waals surface area contributed by atoms with Gasteiger partial charge in [-0.25, -0.2) is 0 Å². The maximum atomic E-state index is 5.64. The molecule has 2 nitrogen and oxygen atoms in total. The third-order valence-electron chi connectivity index (χ3n) is 4.78. The van der Waals surface area contributed by atoms with Crippen LogP contribution in [0.4, 0.5) is 0 Å². The lowest BCUT2D eigenvalue weighted by molar-refractivity contribution is 0.110. The van der Waals surface area contributed by atoms with Crippen molar-refractivity contribution in [2.45, 2.75) is 77.5 Å². The average molecular weight is 239 g/mol. The minimum absolute atomic E-state index is 0.416. The molecule has 4 unspecified atom stereocenters. The molecule has 1 aliphatic heterocycles. The predicted molar refractivity (Wildman–Crippen MR) is 72.2 cm³/mol. The second kappa shape index (κ2) is 6.19. The monoisotopic (exact) mass is 239 g/mol. The minimum Gasteiger partial charge on any atom is -0.377 e. The number of nitrogens with one attached hydrogen (secondary N) is 1.